The fraction of sp³-hybridized carbons (Fsp3) is 0.417. The molecule has 1 aliphatic rings. The fourth-order valence-electron chi connectivity index (χ4n) is 1.88. The minimum atomic E-state index is -0.537. The standard InChI is InChI=1S/C12H15N3O4/c1-19-11-3-2-9(5-10(11)15(17)18)14-12(16)4-8-6-13-7-8/h2-3,5,8,13H,4,6-7H2,1H3,(H,14,16). The number of methoxy groups -OCH3 is 1. The molecule has 0 radical (unpaired) electrons. The molecule has 2 rings (SSSR count). The van der Waals surface area contributed by atoms with E-state index >= 15 is 0 Å². The number of benzene rings is 1. The summed E-state index contributed by atoms with van der Waals surface area (Å²) < 4.78 is 4.90. The molecule has 1 saturated heterocycles. The van der Waals surface area contributed by atoms with Crippen LogP contribution in [-0.4, -0.2) is 31.0 Å². The molecule has 0 aliphatic carbocycles. The van der Waals surface area contributed by atoms with Crippen molar-refractivity contribution in [2.45, 2.75) is 6.42 Å². The van der Waals surface area contributed by atoms with Gasteiger partial charge >= 0.3 is 5.69 Å². The van der Waals surface area contributed by atoms with Crippen molar-refractivity contribution in [1.29, 1.82) is 0 Å². The number of nitrogens with zero attached hydrogens (tertiary/aromatic N) is 1. The summed E-state index contributed by atoms with van der Waals surface area (Å²) in [7, 11) is 1.37. The van der Waals surface area contributed by atoms with Crippen LogP contribution in [0.5, 0.6) is 5.75 Å². The number of amides is 1. The van der Waals surface area contributed by atoms with E-state index in [1.165, 1.54) is 19.2 Å². The van der Waals surface area contributed by atoms with Gasteiger partial charge in [-0.1, -0.05) is 0 Å². The first kappa shape index (κ1) is 13.3. The zero-order valence-corrected chi connectivity index (χ0v) is 10.5. The Kier molecular flexibility index (Phi) is 3.96. The predicted octanol–water partition coefficient (Wildman–Crippen LogP) is 1.15. The summed E-state index contributed by atoms with van der Waals surface area (Å²) in [6, 6.07) is 4.36. The number of rotatable bonds is 5. The Bertz CT molecular complexity index is 500. The van der Waals surface area contributed by atoms with Gasteiger partial charge in [0.25, 0.3) is 0 Å². The zero-order chi connectivity index (χ0) is 13.8. The Balaban J connectivity index is 2.05. The maximum absolute atomic E-state index is 11.7. The molecule has 0 unspecified atom stereocenters. The highest BCUT2D eigenvalue weighted by atomic mass is 16.6. The van der Waals surface area contributed by atoms with Crippen LogP contribution in [0, 0.1) is 16.0 Å². The summed E-state index contributed by atoms with van der Waals surface area (Å²) >= 11 is 0. The van der Waals surface area contributed by atoms with Crippen molar-refractivity contribution < 1.29 is 14.5 Å². The van der Waals surface area contributed by atoms with Gasteiger partial charge in [0, 0.05) is 18.2 Å². The molecule has 1 aliphatic heterocycles. The molecule has 19 heavy (non-hydrogen) atoms. The molecule has 7 nitrogen and oxygen atoms in total. The van der Waals surface area contributed by atoms with Crippen LogP contribution in [0.15, 0.2) is 18.2 Å². The summed E-state index contributed by atoms with van der Waals surface area (Å²) in [5.41, 5.74) is 0.246. The second kappa shape index (κ2) is 5.66. The molecule has 0 saturated carbocycles. The molecule has 0 aromatic heterocycles. The van der Waals surface area contributed by atoms with E-state index in [2.05, 4.69) is 10.6 Å². The Morgan fingerprint density at radius 3 is 2.84 bits per heavy atom. The van der Waals surface area contributed by atoms with Crippen molar-refractivity contribution in [2.75, 3.05) is 25.5 Å². The number of hydrogen-bond acceptors (Lipinski definition) is 5. The monoisotopic (exact) mass is 265 g/mol. The van der Waals surface area contributed by atoms with E-state index in [1.54, 1.807) is 6.07 Å². The Morgan fingerprint density at radius 1 is 1.58 bits per heavy atom. The lowest BCUT2D eigenvalue weighted by Gasteiger charge is -2.26. The van der Waals surface area contributed by atoms with Crippen LogP contribution < -0.4 is 15.4 Å². The third kappa shape index (κ3) is 3.19. The number of nitro benzene ring substituents is 1. The third-order valence-corrected chi connectivity index (χ3v) is 3.00. The molecule has 7 heteroatoms. The van der Waals surface area contributed by atoms with Gasteiger partial charge in [-0.05, 0) is 31.1 Å². The molecule has 0 atom stereocenters. The number of carbonyl (C=O) groups excluding carboxylic acids is 1. The molecule has 2 N–H and O–H groups in total. The summed E-state index contributed by atoms with van der Waals surface area (Å²) in [6.45, 7) is 1.69. The van der Waals surface area contributed by atoms with E-state index in [4.69, 9.17) is 4.74 Å². The summed E-state index contributed by atoms with van der Waals surface area (Å²) in [5, 5.41) is 16.6. The first-order valence-electron chi connectivity index (χ1n) is 5.93. The summed E-state index contributed by atoms with van der Waals surface area (Å²) in [4.78, 5) is 22.0. The van der Waals surface area contributed by atoms with E-state index in [9.17, 15) is 14.9 Å². The molecule has 0 spiro atoms. The first-order chi connectivity index (χ1) is 9.10. The summed E-state index contributed by atoms with van der Waals surface area (Å²) in [6.07, 6.45) is 0.423. The fourth-order valence-corrected chi connectivity index (χ4v) is 1.88. The van der Waals surface area contributed by atoms with Gasteiger partial charge in [0.1, 0.15) is 0 Å². The van der Waals surface area contributed by atoms with Gasteiger partial charge < -0.3 is 15.4 Å². The van der Waals surface area contributed by atoms with Crippen LogP contribution in [0.3, 0.4) is 0 Å². The second-order valence-electron chi connectivity index (χ2n) is 4.42. The van der Waals surface area contributed by atoms with E-state index in [-0.39, 0.29) is 17.3 Å². The molecule has 1 heterocycles. The third-order valence-electron chi connectivity index (χ3n) is 3.00. The van der Waals surface area contributed by atoms with Crippen molar-refractivity contribution in [3.63, 3.8) is 0 Å². The molecular formula is C12H15N3O4. The van der Waals surface area contributed by atoms with Gasteiger partial charge in [0.15, 0.2) is 5.75 Å². The molecule has 1 aromatic carbocycles. The quantitative estimate of drug-likeness (QED) is 0.615. The van der Waals surface area contributed by atoms with Gasteiger partial charge in [-0.15, -0.1) is 0 Å². The smallest absolute Gasteiger partial charge is 0.312 e. The molecule has 1 aromatic rings. The molecule has 102 valence electrons. The van der Waals surface area contributed by atoms with Crippen LogP contribution in [0.1, 0.15) is 6.42 Å². The van der Waals surface area contributed by atoms with Crippen molar-refractivity contribution >= 4 is 17.3 Å². The van der Waals surface area contributed by atoms with Gasteiger partial charge in [-0.3, -0.25) is 14.9 Å². The molecule has 0 bridgehead atoms. The van der Waals surface area contributed by atoms with Crippen molar-refractivity contribution in [1.82, 2.24) is 5.32 Å². The number of ether oxygens (including phenoxy) is 1. The van der Waals surface area contributed by atoms with Gasteiger partial charge in [-0.25, -0.2) is 0 Å². The normalized spacial score (nSPS) is 14.6. The lowest BCUT2D eigenvalue weighted by molar-refractivity contribution is -0.385. The van der Waals surface area contributed by atoms with E-state index in [1.807, 2.05) is 0 Å². The minimum Gasteiger partial charge on any atom is -0.490 e. The molecule has 1 fully saturated rings. The number of nitrogens with one attached hydrogen (secondary N) is 2. The van der Waals surface area contributed by atoms with Crippen molar-refractivity contribution in [3.05, 3.63) is 28.3 Å². The largest absolute Gasteiger partial charge is 0.490 e. The lowest BCUT2D eigenvalue weighted by atomic mass is 9.99. The highest BCUT2D eigenvalue weighted by Gasteiger charge is 2.21. The average molecular weight is 265 g/mol. The number of hydrogen-bond donors (Lipinski definition) is 2. The van der Waals surface area contributed by atoms with Crippen LogP contribution in [0.25, 0.3) is 0 Å². The van der Waals surface area contributed by atoms with E-state index in [0.717, 1.165) is 13.1 Å². The van der Waals surface area contributed by atoms with Crippen molar-refractivity contribution in [2.24, 2.45) is 5.92 Å². The topological polar surface area (TPSA) is 93.5 Å². The lowest BCUT2D eigenvalue weighted by Crippen LogP contribution is -2.43. The van der Waals surface area contributed by atoms with Gasteiger partial charge in [0.05, 0.1) is 12.0 Å². The Hall–Kier alpha value is -2.15. The SMILES string of the molecule is COc1ccc(NC(=O)CC2CNC2)cc1[N+](=O)[O-]. The Labute approximate surface area is 110 Å². The summed E-state index contributed by atoms with van der Waals surface area (Å²) in [5.74, 6) is 0.394. The molecular weight excluding hydrogens is 250 g/mol. The number of nitro groups is 1. The molecule has 1 amide bonds. The minimum absolute atomic E-state index is 0.133. The van der Waals surface area contributed by atoms with E-state index in [0.29, 0.717) is 18.0 Å². The van der Waals surface area contributed by atoms with Gasteiger partial charge in [0.2, 0.25) is 5.91 Å². The van der Waals surface area contributed by atoms with Crippen LogP contribution in [-0.2, 0) is 4.79 Å². The second-order valence-corrected chi connectivity index (χ2v) is 4.42. The predicted molar refractivity (Wildman–Crippen MR) is 69.3 cm³/mol. The maximum Gasteiger partial charge on any atom is 0.312 e. The number of anilines is 1. The van der Waals surface area contributed by atoms with Crippen LogP contribution in [0.4, 0.5) is 11.4 Å². The first-order valence-corrected chi connectivity index (χ1v) is 5.93. The zero-order valence-electron chi connectivity index (χ0n) is 10.5. The number of carbonyl (C=O) groups is 1. The highest BCUT2D eigenvalue weighted by molar-refractivity contribution is 5.91. The Morgan fingerprint density at radius 2 is 2.32 bits per heavy atom. The van der Waals surface area contributed by atoms with Crippen LogP contribution in [0.2, 0.25) is 0 Å². The van der Waals surface area contributed by atoms with Crippen molar-refractivity contribution in [3.8, 4) is 5.75 Å². The highest BCUT2D eigenvalue weighted by Crippen LogP contribution is 2.29. The van der Waals surface area contributed by atoms with Crippen LogP contribution >= 0.6 is 0 Å². The maximum atomic E-state index is 11.7. The van der Waals surface area contributed by atoms with Gasteiger partial charge in [-0.2, -0.15) is 0 Å². The average Bonchev–Trinajstić information content (AvgIpc) is 2.33. The van der Waals surface area contributed by atoms with E-state index < -0.39 is 4.92 Å².